The second kappa shape index (κ2) is 12.5. The van der Waals surface area contributed by atoms with Gasteiger partial charge in [-0.2, -0.15) is 0 Å². The van der Waals surface area contributed by atoms with Gasteiger partial charge in [-0.05, 0) is 30.9 Å². The van der Waals surface area contributed by atoms with Crippen molar-refractivity contribution in [2.45, 2.75) is 25.3 Å². The molecule has 0 aliphatic carbocycles. The van der Waals surface area contributed by atoms with E-state index in [0.29, 0.717) is 29.5 Å². The molecule has 2 aliphatic rings. The number of fused-ring (bicyclic) bond motifs is 1. The standard InChI is InChI=1S/C20H24ClN7O5S3/c1-3-33-27-12(11-15(21)36-20(23)26-11)16(29)25-13-17(30)28-14(19(31)32)10(8-35-18(13)28)4-6-34-7-5-24-9(2)22/h4,6,13,18H,3,5,7-8H2,1-2H3,(H2,22,24)(H2,23,26)(H,25,29)(H,31,32)/b6-4?,27-12-/t13-,18-/m1/s1. The van der Waals surface area contributed by atoms with Crippen LogP contribution < -0.4 is 16.8 Å². The van der Waals surface area contributed by atoms with Crippen LogP contribution in [0, 0.1) is 0 Å². The molecule has 1 aromatic heterocycles. The van der Waals surface area contributed by atoms with E-state index in [4.69, 9.17) is 27.9 Å². The molecule has 3 rings (SSSR count). The van der Waals surface area contributed by atoms with E-state index in [0.717, 1.165) is 11.3 Å². The summed E-state index contributed by atoms with van der Waals surface area (Å²) in [5.74, 6) is -1.01. The number of amides is 2. The highest BCUT2D eigenvalue weighted by molar-refractivity contribution is 8.02. The average Bonchev–Trinajstić information content (AvgIpc) is 3.16. The topological polar surface area (TPSA) is 186 Å². The molecule has 16 heteroatoms. The van der Waals surface area contributed by atoms with E-state index >= 15 is 0 Å². The molecular weight excluding hydrogens is 550 g/mol. The molecule has 0 aromatic carbocycles. The first-order valence-corrected chi connectivity index (χ1v) is 13.8. The summed E-state index contributed by atoms with van der Waals surface area (Å²) in [6.45, 7) is 4.11. The summed E-state index contributed by atoms with van der Waals surface area (Å²) in [7, 11) is 0. The molecule has 0 unspecified atom stereocenters. The number of nitrogen functional groups attached to an aromatic ring is 1. The number of carbonyl (C=O) groups is 3. The molecule has 0 bridgehead atoms. The van der Waals surface area contributed by atoms with Crippen molar-refractivity contribution in [2.75, 3.05) is 30.4 Å². The SMILES string of the molecule is CCO/N=C(\C(=O)N[C@@H]1C(=O)N2C(C(=O)O)=C(C=CSCCN=C(C)N)CS[C@H]12)c1nc(N)sc1Cl. The fourth-order valence-electron chi connectivity index (χ4n) is 3.24. The van der Waals surface area contributed by atoms with Crippen LogP contribution in [0.5, 0.6) is 0 Å². The second-order valence-electron chi connectivity index (χ2n) is 7.27. The molecular formula is C20H24ClN7O5S3. The van der Waals surface area contributed by atoms with Gasteiger partial charge in [0.15, 0.2) is 10.8 Å². The van der Waals surface area contributed by atoms with E-state index in [2.05, 4.69) is 20.4 Å². The quantitative estimate of drug-likeness (QED) is 0.0993. The minimum absolute atomic E-state index is 0.0356. The number of thiazole rings is 1. The molecule has 2 aliphatic heterocycles. The fourth-order valence-corrected chi connectivity index (χ4v) is 6.08. The molecule has 6 N–H and O–H groups in total. The van der Waals surface area contributed by atoms with Crippen LogP contribution in [0.15, 0.2) is 32.9 Å². The number of amidine groups is 1. The fraction of sp³-hybridized carbons (Fsp3) is 0.400. The molecule has 1 fully saturated rings. The number of hydrogen-bond donors (Lipinski definition) is 4. The average molecular weight is 574 g/mol. The monoisotopic (exact) mass is 573 g/mol. The number of thioether (sulfide) groups is 2. The van der Waals surface area contributed by atoms with Crippen molar-refractivity contribution < 1.29 is 24.3 Å². The number of rotatable bonds is 11. The first-order chi connectivity index (χ1) is 17.1. The number of nitrogens with one attached hydrogen (secondary N) is 1. The summed E-state index contributed by atoms with van der Waals surface area (Å²) in [6.07, 6.45) is 1.68. The van der Waals surface area contributed by atoms with Gasteiger partial charge in [0.2, 0.25) is 0 Å². The van der Waals surface area contributed by atoms with Crippen LogP contribution in [0.4, 0.5) is 5.13 Å². The normalized spacial score (nSPS) is 20.4. The molecule has 0 spiro atoms. The third-order valence-electron chi connectivity index (χ3n) is 4.75. The van der Waals surface area contributed by atoms with Gasteiger partial charge in [0, 0.05) is 11.5 Å². The van der Waals surface area contributed by atoms with Gasteiger partial charge in [-0.25, -0.2) is 9.78 Å². The number of carbonyl (C=O) groups excluding carboxylic acids is 2. The summed E-state index contributed by atoms with van der Waals surface area (Å²) in [4.78, 5) is 52.2. The predicted octanol–water partition coefficient (Wildman–Crippen LogP) is 1.48. The highest BCUT2D eigenvalue weighted by atomic mass is 35.5. The van der Waals surface area contributed by atoms with Crippen LogP contribution in [-0.2, 0) is 19.2 Å². The van der Waals surface area contributed by atoms with Crippen molar-refractivity contribution in [3.8, 4) is 0 Å². The highest BCUT2D eigenvalue weighted by Crippen LogP contribution is 2.41. The Bertz CT molecular complexity index is 1160. The lowest BCUT2D eigenvalue weighted by molar-refractivity contribution is -0.150. The Hall–Kier alpha value is -2.75. The molecule has 36 heavy (non-hydrogen) atoms. The Morgan fingerprint density at radius 1 is 1.47 bits per heavy atom. The van der Waals surface area contributed by atoms with Gasteiger partial charge >= 0.3 is 5.97 Å². The zero-order valence-corrected chi connectivity index (χ0v) is 22.5. The molecule has 194 valence electrons. The van der Waals surface area contributed by atoms with Crippen LogP contribution >= 0.6 is 46.5 Å². The Morgan fingerprint density at radius 3 is 2.83 bits per heavy atom. The second-order valence-corrected chi connectivity index (χ2v) is 11.0. The number of halogens is 1. The van der Waals surface area contributed by atoms with E-state index in [-0.39, 0.29) is 33.2 Å². The third-order valence-corrected chi connectivity index (χ3v) is 7.88. The van der Waals surface area contributed by atoms with Gasteiger partial charge in [-0.3, -0.25) is 19.5 Å². The lowest BCUT2D eigenvalue weighted by Crippen LogP contribution is -2.71. The zero-order chi connectivity index (χ0) is 26.4. The molecule has 12 nitrogen and oxygen atoms in total. The Kier molecular flexibility index (Phi) is 9.64. The van der Waals surface area contributed by atoms with Crippen molar-refractivity contribution >= 4 is 80.9 Å². The highest BCUT2D eigenvalue weighted by Gasteiger charge is 2.54. The molecule has 1 saturated heterocycles. The number of β-lactam (4-membered cyclic amide) rings is 1. The summed E-state index contributed by atoms with van der Waals surface area (Å²) in [6, 6.07) is -0.962. The van der Waals surface area contributed by atoms with Gasteiger partial charge < -0.3 is 26.7 Å². The first-order valence-electron chi connectivity index (χ1n) is 10.5. The van der Waals surface area contributed by atoms with Crippen LogP contribution in [0.1, 0.15) is 19.5 Å². The largest absolute Gasteiger partial charge is 0.477 e. The Balaban J connectivity index is 1.73. The molecule has 0 radical (unpaired) electrons. The molecule has 3 heterocycles. The Labute approximate surface area is 224 Å². The summed E-state index contributed by atoms with van der Waals surface area (Å²) < 4.78 is 0.144. The van der Waals surface area contributed by atoms with Crippen molar-refractivity contribution in [1.82, 2.24) is 15.2 Å². The van der Waals surface area contributed by atoms with Gasteiger partial charge in [-0.15, -0.1) is 23.5 Å². The van der Waals surface area contributed by atoms with Crippen molar-refractivity contribution in [3.63, 3.8) is 0 Å². The minimum Gasteiger partial charge on any atom is -0.477 e. The molecule has 2 atom stereocenters. The number of anilines is 1. The first kappa shape index (κ1) is 27.8. The van der Waals surface area contributed by atoms with Crippen molar-refractivity contribution in [1.29, 1.82) is 0 Å². The maximum absolute atomic E-state index is 13.0. The van der Waals surface area contributed by atoms with Crippen molar-refractivity contribution in [3.05, 3.63) is 32.8 Å². The Morgan fingerprint density at radius 2 is 2.22 bits per heavy atom. The van der Waals surface area contributed by atoms with Crippen LogP contribution in [0.2, 0.25) is 4.34 Å². The lowest BCUT2D eigenvalue weighted by atomic mass is 10.0. The van der Waals surface area contributed by atoms with E-state index in [1.807, 2.05) is 0 Å². The number of aromatic nitrogens is 1. The van der Waals surface area contributed by atoms with E-state index in [1.54, 1.807) is 25.3 Å². The maximum atomic E-state index is 13.0. The van der Waals surface area contributed by atoms with Crippen LogP contribution in [0.3, 0.4) is 0 Å². The summed E-state index contributed by atoms with van der Waals surface area (Å²) in [5, 5.41) is 17.5. The number of hydrogen-bond acceptors (Lipinski definition) is 11. The molecule has 2 amide bonds. The van der Waals surface area contributed by atoms with Gasteiger partial charge in [0.1, 0.15) is 33.7 Å². The lowest BCUT2D eigenvalue weighted by Gasteiger charge is -2.49. The number of oxime groups is 1. The van der Waals surface area contributed by atoms with Crippen LogP contribution in [-0.4, -0.2) is 80.4 Å². The van der Waals surface area contributed by atoms with Crippen LogP contribution in [0.25, 0.3) is 0 Å². The number of nitrogens with two attached hydrogens (primary N) is 2. The van der Waals surface area contributed by atoms with Gasteiger partial charge in [-0.1, -0.05) is 28.1 Å². The number of carboxylic acid groups (broad SMARTS) is 1. The number of aliphatic imine (C=N–C) groups is 1. The van der Waals surface area contributed by atoms with E-state index in [9.17, 15) is 19.5 Å². The van der Waals surface area contributed by atoms with Crippen molar-refractivity contribution in [2.24, 2.45) is 15.9 Å². The van der Waals surface area contributed by atoms with E-state index < -0.39 is 29.2 Å². The van der Waals surface area contributed by atoms with E-state index in [1.165, 1.54) is 28.4 Å². The van der Waals surface area contributed by atoms with Gasteiger partial charge in [0.05, 0.1) is 12.4 Å². The summed E-state index contributed by atoms with van der Waals surface area (Å²) in [5.41, 5.74) is 11.4. The van der Waals surface area contributed by atoms with Gasteiger partial charge in [0.25, 0.3) is 11.8 Å². The predicted molar refractivity (Wildman–Crippen MR) is 143 cm³/mol. The zero-order valence-electron chi connectivity index (χ0n) is 19.3. The summed E-state index contributed by atoms with van der Waals surface area (Å²) >= 11 is 9.89. The smallest absolute Gasteiger partial charge is 0.352 e. The minimum atomic E-state index is -1.23. The number of carboxylic acids is 1. The number of allylic oxidation sites excluding steroid dienone is 1. The third kappa shape index (κ3) is 6.32. The number of aliphatic carboxylic acids is 1. The number of nitrogens with zero attached hydrogens (tertiary/aromatic N) is 4. The molecule has 1 aromatic rings. The molecule has 0 saturated carbocycles. The maximum Gasteiger partial charge on any atom is 0.352 e.